The summed E-state index contributed by atoms with van der Waals surface area (Å²) >= 11 is 8.87. The van der Waals surface area contributed by atoms with Gasteiger partial charge in [-0.2, -0.15) is 25.3 Å². The van der Waals surface area contributed by atoms with E-state index in [-0.39, 0.29) is 12.3 Å². The fraction of sp³-hybridized carbons (Fsp3) is 0.571. The lowest BCUT2D eigenvalue weighted by atomic mass is 10.2. The monoisotopic (exact) mass is 298 g/mol. The Bertz CT molecular complexity index is 382. The van der Waals surface area contributed by atoms with Crippen molar-refractivity contribution in [2.75, 3.05) is 6.54 Å². The molecule has 1 rings (SSSR count). The van der Waals surface area contributed by atoms with Gasteiger partial charge in [-0.3, -0.25) is 9.78 Å². The van der Waals surface area contributed by atoms with Crippen LogP contribution < -0.4 is 5.32 Å². The van der Waals surface area contributed by atoms with Gasteiger partial charge in [0, 0.05) is 12.7 Å². The third-order valence-corrected chi connectivity index (χ3v) is 3.61. The molecule has 0 spiro atoms. The van der Waals surface area contributed by atoms with Gasteiger partial charge in [0.1, 0.15) is 4.08 Å². The van der Waals surface area contributed by atoms with E-state index in [9.17, 15) is 4.79 Å². The first-order chi connectivity index (χ1) is 9.06. The number of amides is 1. The molecule has 5 heteroatoms. The predicted molar refractivity (Wildman–Crippen MR) is 85.7 cm³/mol. The Balaban J connectivity index is 2.35. The highest BCUT2D eigenvalue weighted by atomic mass is 32.2. The largest absolute Gasteiger partial charge is 0.356 e. The molecule has 0 atom stereocenters. The molecule has 106 valence electrons. The Kier molecular flexibility index (Phi) is 7.31. The number of nitrogens with zero attached hydrogens (tertiary/aromatic N) is 1. The van der Waals surface area contributed by atoms with Gasteiger partial charge in [0.05, 0.1) is 12.1 Å². The van der Waals surface area contributed by atoms with Gasteiger partial charge in [0.15, 0.2) is 0 Å². The Morgan fingerprint density at radius 1 is 1.32 bits per heavy atom. The number of pyridine rings is 1. The molecular formula is C14H22N2OS2. The van der Waals surface area contributed by atoms with Crippen molar-refractivity contribution in [2.45, 2.75) is 43.1 Å². The second-order valence-electron chi connectivity index (χ2n) is 4.62. The third-order valence-electron chi connectivity index (χ3n) is 2.83. The van der Waals surface area contributed by atoms with Crippen molar-refractivity contribution in [3.8, 4) is 0 Å². The molecule has 3 nitrogen and oxygen atoms in total. The summed E-state index contributed by atoms with van der Waals surface area (Å²) in [7, 11) is 0. The van der Waals surface area contributed by atoms with E-state index in [1.807, 2.05) is 18.2 Å². The Morgan fingerprint density at radius 3 is 2.74 bits per heavy atom. The zero-order valence-electron chi connectivity index (χ0n) is 11.3. The number of thiol groups is 2. The summed E-state index contributed by atoms with van der Waals surface area (Å²) in [4.78, 5) is 16.0. The number of carbonyl (C=O) groups excluding carboxylic acids is 1. The standard InChI is InChI=1S/C14H22N2OS2/c1-2-3-4-6-10-16-13(17)11-14(18,19)12-8-5-7-9-15-12/h5,7-9,18-19H,2-4,6,10-11H2,1H3,(H,16,17). The SMILES string of the molecule is CCCCCCNC(=O)CC(S)(S)c1ccccn1. The van der Waals surface area contributed by atoms with Crippen LogP contribution in [0.1, 0.15) is 44.7 Å². The third kappa shape index (κ3) is 6.34. The number of unbranched alkanes of at least 4 members (excludes halogenated alkanes) is 3. The van der Waals surface area contributed by atoms with Crippen molar-refractivity contribution in [2.24, 2.45) is 0 Å². The molecule has 0 aliphatic carbocycles. The maximum absolute atomic E-state index is 11.8. The van der Waals surface area contributed by atoms with Gasteiger partial charge in [-0.05, 0) is 18.6 Å². The molecule has 1 heterocycles. The average Bonchev–Trinajstić information content (AvgIpc) is 2.39. The zero-order valence-corrected chi connectivity index (χ0v) is 13.1. The topological polar surface area (TPSA) is 42.0 Å². The maximum atomic E-state index is 11.8. The second kappa shape index (κ2) is 8.48. The maximum Gasteiger partial charge on any atom is 0.222 e. The predicted octanol–water partition coefficient (Wildman–Crippen LogP) is 3.18. The van der Waals surface area contributed by atoms with Crippen LogP contribution in [0.3, 0.4) is 0 Å². The zero-order chi connectivity index (χ0) is 14.1. The van der Waals surface area contributed by atoms with Crippen molar-refractivity contribution >= 4 is 31.2 Å². The van der Waals surface area contributed by atoms with E-state index in [1.54, 1.807) is 6.20 Å². The first-order valence-electron chi connectivity index (χ1n) is 6.69. The number of hydrogen-bond acceptors (Lipinski definition) is 4. The summed E-state index contributed by atoms with van der Waals surface area (Å²) in [6.45, 7) is 2.89. The molecule has 1 N–H and O–H groups in total. The van der Waals surface area contributed by atoms with Crippen molar-refractivity contribution in [1.82, 2.24) is 10.3 Å². The van der Waals surface area contributed by atoms with Crippen LogP contribution in [-0.2, 0) is 8.87 Å². The van der Waals surface area contributed by atoms with Crippen molar-refractivity contribution in [1.29, 1.82) is 0 Å². The van der Waals surface area contributed by atoms with E-state index >= 15 is 0 Å². The molecule has 0 aliphatic rings. The molecule has 0 unspecified atom stereocenters. The number of nitrogens with one attached hydrogen (secondary N) is 1. The minimum atomic E-state index is -0.825. The first kappa shape index (κ1) is 16.4. The summed E-state index contributed by atoms with van der Waals surface area (Å²) in [6, 6.07) is 5.52. The quantitative estimate of drug-likeness (QED) is 0.392. The van der Waals surface area contributed by atoms with Crippen LogP contribution in [0.5, 0.6) is 0 Å². The molecule has 0 radical (unpaired) electrons. The molecular weight excluding hydrogens is 276 g/mol. The lowest BCUT2D eigenvalue weighted by Crippen LogP contribution is -2.29. The highest BCUT2D eigenvalue weighted by Gasteiger charge is 2.27. The average molecular weight is 298 g/mol. The van der Waals surface area contributed by atoms with E-state index in [4.69, 9.17) is 0 Å². The number of aromatic nitrogens is 1. The van der Waals surface area contributed by atoms with Gasteiger partial charge in [0.2, 0.25) is 5.91 Å². The highest BCUT2D eigenvalue weighted by molar-refractivity contribution is 7.99. The molecule has 19 heavy (non-hydrogen) atoms. The van der Waals surface area contributed by atoms with Gasteiger partial charge < -0.3 is 5.32 Å². The molecule has 0 aromatic carbocycles. The summed E-state index contributed by atoms with van der Waals surface area (Å²) in [6.07, 6.45) is 6.49. The number of hydrogen-bond donors (Lipinski definition) is 3. The second-order valence-corrected chi connectivity index (χ2v) is 6.50. The van der Waals surface area contributed by atoms with E-state index in [2.05, 4.69) is 42.5 Å². The van der Waals surface area contributed by atoms with Crippen molar-refractivity contribution in [3.63, 3.8) is 0 Å². The van der Waals surface area contributed by atoms with Gasteiger partial charge in [0.25, 0.3) is 0 Å². The van der Waals surface area contributed by atoms with Gasteiger partial charge >= 0.3 is 0 Å². The van der Waals surface area contributed by atoms with Crippen LogP contribution in [0.2, 0.25) is 0 Å². The van der Waals surface area contributed by atoms with Gasteiger partial charge in [-0.25, -0.2) is 0 Å². The molecule has 1 amide bonds. The highest BCUT2D eigenvalue weighted by Crippen LogP contribution is 2.34. The minimum Gasteiger partial charge on any atom is -0.356 e. The summed E-state index contributed by atoms with van der Waals surface area (Å²) in [5, 5.41) is 2.90. The number of carbonyl (C=O) groups is 1. The minimum absolute atomic E-state index is 0.0350. The van der Waals surface area contributed by atoms with Crippen LogP contribution in [0.4, 0.5) is 0 Å². The van der Waals surface area contributed by atoms with Gasteiger partial charge in [-0.15, -0.1) is 0 Å². The Hall–Kier alpha value is -0.680. The van der Waals surface area contributed by atoms with Crippen molar-refractivity contribution in [3.05, 3.63) is 30.1 Å². The molecule has 0 saturated heterocycles. The van der Waals surface area contributed by atoms with Gasteiger partial charge in [-0.1, -0.05) is 32.3 Å². The van der Waals surface area contributed by atoms with Crippen LogP contribution in [0.25, 0.3) is 0 Å². The van der Waals surface area contributed by atoms with Crippen LogP contribution in [-0.4, -0.2) is 17.4 Å². The van der Waals surface area contributed by atoms with E-state index in [1.165, 1.54) is 12.8 Å². The lowest BCUT2D eigenvalue weighted by molar-refractivity contribution is -0.121. The van der Waals surface area contributed by atoms with E-state index in [0.717, 1.165) is 19.4 Å². The van der Waals surface area contributed by atoms with Crippen LogP contribution in [0, 0.1) is 0 Å². The molecule has 0 fully saturated rings. The van der Waals surface area contributed by atoms with E-state index in [0.29, 0.717) is 5.69 Å². The lowest BCUT2D eigenvalue weighted by Gasteiger charge is -2.21. The number of rotatable bonds is 8. The summed E-state index contributed by atoms with van der Waals surface area (Å²) in [5.41, 5.74) is 0.697. The fourth-order valence-corrected chi connectivity index (χ4v) is 2.31. The fourth-order valence-electron chi connectivity index (χ4n) is 1.76. The normalized spacial score (nSPS) is 11.3. The molecule has 1 aromatic rings. The Labute approximate surface area is 126 Å². The smallest absolute Gasteiger partial charge is 0.222 e. The molecule has 0 bridgehead atoms. The van der Waals surface area contributed by atoms with E-state index < -0.39 is 4.08 Å². The summed E-state index contributed by atoms with van der Waals surface area (Å²) < 4.78 is -0.825. The molecule has 0 aliphatic heterocycles. The van der Waals surface area contributed by atoms with Crippen molar-refractivity contribution < 1.29 is 4.79 Å². The molecule has 0 saturated carbocycles. The van der Waals surface area contributed by atoms with Crippen LogP contribution >= 0.6 is 25.3 Å². The molecule has 1 aromatic heterocycles. The first-order valence-corrected chi connectivity index (χ1v) is 7.58. The van der Waals surface area contributed by atoms with Crippen LogP contribution in [0.15, 0.2) is 24.4 Å². The Morgan fingerprint density at radius 2 is 2.11 bits per heavy atom. The summed E-state index contributed by atoms with van der Waals surface area (Å²) in [5.74, 6) is -0.0350.